The van der Waals surface area contributed by atoms with Crippen molar-refractivity contribution in [2.24, 2.45) is 5.41 Å². The molecule has 2 fully saturated rings. The van der Waals surface area contributed by atoms with E-state index in [0.717, 1.165) is 51.8 Å². The van der Waals surface area contributed by atoms with Crippen molar-refractivity contribution in [3.05, 3.63) is 0 Å². The van der Waals surface area contributed by atoms with Crippen LogP contribution in [0.2, 0.25) is 0 Å². The highest BCUT2D eigenvalue weighted by Gasteiger charge is 2.50. The minimum Gasteiger partial charge on any atom is -0.396 e. The molecule has 0 amide bonds. The molecule has 2 N–H and O–H groups in total. The molecule has 2 atom stereocenters. The molecule has 4 nitrogen and oxygen atoms in total. The van der Waals surface area contributed by atoms with Gasteiger partial charge in [0.15, 0.2) is 0 Å². The van der Waals surface area contributed by atoms with E-state index in [4.69, 9.17) is 4.74 Å². The lowest BCUT2D eigenvalue weighted by molar-refractivity contribution is -0.172. The van der Waals surface area contributed by atoms with Gasteiger partial charge in [-0.05, 0) is 45.7 Å². The standard InChI is InChI=1S/C13H25NO3/c1-14-7-2-5-13(16,6-8-14)12(10-15)4-3-9-17-11-12/h15-16H,2-11H2,1H3. The molecule has 2 rings (SSSR count). The monoisotopic (exact) mass is 243 g/mol. The Balaban J connectivity index is 2.15. The Morgan fingerprint density at radius 1 is 1.18 bits per heavy atom. The van der Waals surface area contributed by atoms with E-state index in [0.29, 0.717) is 6.61 Å². The van der Waals surface area contributed by atoms with E-state index in [1.54, 1.807) is 0 Å². The lowest BCUT2D eigenvalue weighted by Crippen LogP contribution is -2.55. The van der Waals surface area contributed by atoms with Gasteiger partial charge >= 0.3 is 0 Å². The van der Waals surface area contributed by atoms with Crippen LogP contribution in [0.3, 0.4) is 0 Å². The molecule has 0 saturated carbocycles. The molecule has 2 unspecified atom stereocenters. The van der Waals surface area contributed by atoms with E-state index in [9.17, 15) is 10.2 Å². The van der Waals surface area contributed by atoms with Crippen LogP contribution < -0.4 is 0 Å². The smallest absolute Gasteiger partial charge is 0.0760 e. The largest absolute Gasteiger partial charge is 0.396 e. The zero-order chi connectivity index (χ0) is 12.4. The molecule has 0 aromatic rings. The Bertz CT molecular complexity index is 253. The van der Waals surface area contributed by atoms with Gasteiger partial charge in [-0.1, -0.05) is 0 Å². The van der Waals surface area contributed by atoms with Crippen LogP contribution in [0.15, 0.2) is 0 Å². The van der Waals surface area contributed by atoms with Crippen molar-refractivity contribution < 1.29 is 14.9 Å². The van der Waals surface area contributed by atoms with Crippen LogP contribution >= 0.6 is 0 Å². The summed E-state index contributed by atoms with van der Waals surface area (Å²) in [7, 11) is 2.09. The molecule has 0 aromatic carbocycles. The van der Waals surface area contributed by atoms with Crippen LogP contribution in [-0.2, 0) is 4.74 Å². The highest BCUT2D eigenvalue weighted by Crippen LogP contribution is 2.44. The van der Waals surface area contributed by atoms with Crippen molar-refractivity contribution in [1.82, 2.24) is 4.90 Å². The normalized spacial score (nSPS) is 41.1. The molecule has 2 aliphatic heterocycles. The van der Waals surface area contributed by atoms with E-state index in [2.05, 4.69) is 11.9 Å². The molecule has 17 heavy (non-hydrogen) atoms. The average molecular weight is 243 g/mol. The zero-order valence-corrected chi connectivity index (χ0v) is 10.8. The van der Waals surface area contributed by atoms with Crippen LogP contribution in [-0.4, -0.2) is 60.7 Å². The number of likely N-dealkylation sites (tertiary alicyclic amines) is 1. The molecule has 0 aliphatic carbocycles. The summed E-state index contributed by atoms with van der Waals surface area (Å²) in [6, 6.07) is 0. The number of aliphatic hydroxyl groups excluding tert-OH is 1. The lowest BCUT2D eigenvalue weighted by atomic mass is 9.65. The first-order valence-corrected chi connectivity index (χ1v) is 6.71. The number of ether oxygens (including phenoxy) is 1. The Hall–Kier alpha value is -0.160. The summed E-state index contributed by atoms with van der Waals surface area (Å²) in [6.07, 6.45) is 4.34. The fraction of sp³-hybridized carbons (Fsp3) is 1.00. The lowest BCUT2D eigenvalue weighted by Gasteiger charge is -2.48. The summed E-state index contributed by atoms with van der Waals surface area (Å²) < 4.78 is 5.53. The van der Waals surface area contributed by atoms with Crippen molar-refractivity contribution in [3.8, 4) is 0 Å². The van der Waals surface area contributed by atoms with Crippen molar-refractivity contribution in [2.75, 3.05) is 40.0 Å². The summed E-state index contributed by atoms with van der Waals surface area (Å²) in [5.74, 6) is 0. The van der Waals surface area contributed by atoms with E-state index >= 15 is 0 Å². The predicted molar refractivity (Wildman–Crippen MR) is 65.9 cm³/mol. The van der Waals surface area contributed by atoms with Gasteiger partial charge in [-0.2, -0.15) is 0 Å². The second-order valence-corrected chi connectivity index (χ2v) is 5.78. The topological polar surface area (TPSA) is 52.9 Å². The first-order chi connectivity index (χ1) is 8.12. The summed E-state index contributed by atoms with van der Waals surface area (Å²) in [5, 5.41) is 20.7. The first kappa shape index (κ1) is 13.3. The summed E-state index contributed by atoms with van der Waals surface area (Å²) in [5.41, 5.74) is -1.19. The van der Waals surface area contributed by atoms with Crippen molar-refractivity contribution in [3.63, 3.8) is 0 Å². The second-order valence-electron chi connectivity index (χ2n) is 5.78. The summed E-state index contributed by atoms with van der Waals surface area (Å²) in [4.78, 5) is 2.26. The highest BCUT2D eigenvalue weighted by atomic mass is 16.5. The van der Waals surface area contributed by atoms with Gasteiger partial charge in [-0.15, -0.1) is 0 Å². The van der Waals surface area contributed by atoms with Crippen molar-refractivity contribution >= 4 is 0 Å². The Morgan fingerprint density at radius 3 is 2.65 bits per heavy atom. The predicted octanol–water partition coefficient (Wildman–Crippen LogP) is 0.622. The van der Waals surface area contributed by atoms with Crippen LogP contribution in [0.25, 0.3) is 0 Å². The molecular formula is C13H25NO3. The summed E-state index contributed by atoms with van der Waals surface area (Å²) >= 11 is 0. The number of rotatable bonds is 2. The Labute approximate surface area is 104 Å². The van der Waals surface area contributed by atoms with Gasteiger partial charge in [0, 0.05) is 18.6 Å². The SMILES string of the molecule is CN1CCCC(O)(C2(CO)CCCOC2)CC1. The van der Waals surface area contributed by atoms with Crippen molar-refractivity contribution in [1.29, 1.82) is 0 Å². The molecule has 2 saturated heterocycles. The third-order valence-electron chi connectivity index (χ3n) is 4.65. The van der Waals surface area contributed by atoms with Crippen LogP contribution in [0.1, 0.15) is 32.1 Å². The van der Waals surface area contributed by atoms with Gasteiger partial charge < -0.3 is 19.8 Å². The molecule has 0 aromatic heterocycles. The molecule has 0 spiro atoms. The van der Waals surface area contributed by atoms with Crippen LogP contribution in [0, 0.1) is 5.41 Å². The fourth-order valence-corrected chi connectivity index (χ4v) is 3.28. The van der Waals surface area contributed by atoms with Gasteiger partial charge in [0.2, 0.25) is 0 Å². The number of nitrogens with zero attached hydrogens (tertiary/aromatic N) is 1. The first-order valence-electron chi connectivity index (χ1n) is 6.71. The van der Waals surface area contributed by atoms with Gasteiger partial charge in [0.25, 0.3) is 0 Å². The van der Waals surface area contributed by atoms with E-state index in [-0.39, 0.29) is 6.61 Å². The highest BCUT2D eigenvalue weighted by molar-refractivity contribution is 5.01. The van der Waals surface area contributed by atoms with Crippen molar-refractivity contribution in [2.45, 2.75) is 37.7 Å². The molecule has 2 aliphatic rings. The molecule has 4 heteroatoms. The average Bonchev–Trinajstić information content (AvgIpc) is 2.53. The Morgan fingerprint density at radius 2 is 2.00 bits per heavy atom. The third kappa shape index (κ3) is 2.50. The molecular weight excluding hydrogens is 218 g/mol. The minimum atomic E-state index is -0.757. The van der Waals surface area contributed by atoms with Gasteiger partial charge in [0.1, 0.15) is 0 Å². The maximum absolute atomic E-state index is 11.0. The van der Waals surface area contributed by atoms with Crippen LogP contribution in [0.4, 0.5) is 0 Å². The maximum atomic E-state index is 11.0. The Kier molecular flexibility index (Phi) is 4.08. The fourth-order valence-electron chi connectivity index (χ4n) is 3.28. The van der Waals surface area contributed by atoms with E-state index < -0.39 is 11.0 Å². The third-order valence-corrected chi connectivity index (χ3v) is 4.65. The van der Waals surface area contributed by atoms with Gasteiger partial charge in [-0.3, -0.25) is 0 Å². The molecule has 0 radical (unpaired) electrons. The molecule has 0 bridgehead atoms. The van der Waals surface area contributed by atoms with Crippen LogP contribution in [0.5, 0.6) is 0 Å². The number of hydrogen-bond donors (Lipinski definition) is 2. The number of hydrogen-bond acceptors (Lipinski definition) is 4. The van der Waals surface area contributed by atoms with E-state index in [1.165, 1.54) is 0 Å². The van der Waals surface area contributed by atoms with E-state index in [1.807, 2.05) is 0 Å². The molecule has 100 valence electrons. The summed E-state index contributed by atoms with van der Waals surface area (Å²) in [6.45, 7) is 3.23. The second kappa shape index (κ2) is 5.22. The maximum Gasteiger partial charge on any atom is 0.0760 e. The zero-order valence-electron chi connectivity index (χ0n) is 10.8. The molecule has 2 heterocycles. The van der Waals surface area contributed by atoms with Gasteiger partial charge in [-0.25, -0.2) is 0 Å². The minimum absolute atomic E-state index is 0.0349. The quantitative estimate of drug-likeness (QED) is 0.746. The van der Waals surface area contributed by atoms with Gasteiger partial charge in [0.05, 0.1) is 18.8 Å². The number of aliphatic hydroxyl groups is 2.